The lowest BCUT2D eigenvalue weighted by atomic mass is 10.0. The van der Waals surface area contributed by atoms with Crippen molar-refractivity contribution in [1.29, 1.82) is 0 Å². The molecule has 84 valence electrons. The first-order valence-corrected chi connectivity index (χ1v) is 5.86. The Morgan fingerprint density at radius 3 is 2.73 bits per heavy atom. The number of hydrogen-bond acceptors (Lipinski definition) is 3. The normalized spacial score (nSPS) is 12.7. The van der Waals surface area contributed by atoms with E-state index in [0.29, 0.717) is 0 Å². The van der Waals surface area contributed by atoms with Gasteiger partial charge in [-0.1, -0.05) is 39.0 Å². The molecule has 0 fully saturated rings. The third-order valence-corrected chi connectivity index (χ3v) is 2.60. The number of unbranched alkanes of at least 4 members (excludes halogenated alkanes) is 4. The van der Waals surface area contributed by atoms with Crippen LogP contribution in [0, 0.1) is 0 Å². The molecule has 0 saturated carbocycles. The van der Waals surface area contributed by atoms with Crippen molar-refractivity contribution in [3.8, 4) is 0 Å². The highest BCUT2D eigenvalue weighted by molar-refractivity contribution is 5.03. The predicted octanol–water partition coefficient (Wildman–Crippen LogP) is 2.84. The van der Waals surface area contributed by atoms with Crippen molar-refractivity contribution in [3.05, 3.63) is 24.3 Å². The maximum Gasteiger partial charge on any atom is 0.115 e. The van der Waals surface area contributed by atoms with Crippen LogP contribution in [-0.2, 0) is 0 Å². The Balaban J connectivity index is 2.16. The van der Waals surface area contributed by atoms with Gasteiger partial charge in [-0.15, -0.1) is 0 Å². The monoisotopic (exact) mass is 207 g/mol. The fourth-order valence-corrected chi connectivity index (χ4v) is 1.64. The molecular formula is C12H21N3. The summed E-state index contributed by atoms with van der Waals surface area (Å²) in [5.74, 6) is 0. The van der Waals surface area contributed by atoms with Crippen molar-refractivity contribution >= 4 is 0 Å². The molecule has 0 amide bonds. The second kappa shape index (κ2) is 7.35. The highest BCUT2D eigenvalue weighted by Gasteiger charge is 2.05. The largest absolute Gasteiger partial charge is 0.323 e. The summed E-state index contributed by atoms with van der Waals surface area (Å²) in [4.78, 5) is 8.04. The third kappa shape index (κ3) is 4.88. The zero-order chi connectivity index (χ0) is 10.9. The van der Waals surface area contributed by atoms with Crippen molar-refractivity contribution in [2.45, 2.75) is 51.5 Å². The van der Waals surface area contributed by atoms with Gasteiger partial charge in [-0.25, -0.2) is 9.97 Å². The van der Waals surface area contributed by atoms with Crippen molar-refractivity contribution in [1.82, 2.24) is 9.97 Å². The van der Waals surface area contributed by atoms with Gasteiger partial charge in [0.25, 0.3) is 0 Å². The van der Waals surface area contributed by atoms with Crippen LogP contribution in [0.3, 0.4) is 0 Å². The average molecular weight is 207 g/mol. The molecule has 1 aromatic rings. The number of nitrogens with zero attached hydrogens (tertiary/aromatic N) is 2. The maximum absolute atomic E-state index is 6.02. The molecule has 1 unspecified atom stereocenters. The Morgan fingerprint density at radius 2 is 2.07 bits per heavy atom. The van der Waals surface area contributed by atoms with Crippen molar-refractivity contribution in [2.75, 3.05) is 0 Å². The maximum atomic E-state index is 6.02. The summed E-state index contributed by atoms with van der Waals surface area (Å²) in [6.45, 7) is 2.23. The molecule has 0 spiro atoms. The van der Waals surface area contributed by atoms with Crippen LogP contribution in [0.15, 0.2) is 18.6 Å². The lowest BCUT2D eigenvalue weighted by Crippen LogP contribution is -2.11. The van der Waals surface area contributed by atoms with Gasteiger partial charge in [-0.3, -0.25) is 0 Å². The molecule has 0 aromatic carbocycles. The van der Waals surface area contributed by atoms with E-state index in [2.05, 4.69) is 16.9 Å². The third-order valence-electron chi connectivity index (χ3n) is 2.60. The molecule has 0 radical (unpaired) electrons. The summed E-state index contributed by atoms with van der Waals surface area (Å²) in [7, 11) is 0. The molecule has 0 aliphatic heterocycles. The van der Waals surface area contributed by atoms with Crippen LogP contribution in [0.25, 0.3) is 0 Å². The van der Waals surface area contributed by atoms with Gasteiger partial charge in [0.15, 0.2) is 0 Å². The summed E-state index contributed by atoms with van der Waals surface area (Å²) in [6, 6.07) is 1.98. The Morgan fingerprint density at radius 1 is 1.27 bits per heavy atom. The smallest absolute Gasteiger partial charge is 0.115 e. The van der Waals surface area contributed by atoms with E-state index in [4.69, 9.17) is 5.73 Å². The molecule has 1 rings (SSSR count). The molecule has 3 heteroatoms. The van der Waals surface area contributed by atoms with Gasteiger partial charge in [-0.05, 0) is 12.5 Å². The Hall–Kier alpha value is -0.960. The minimum Gasteiger partial charge on any atom is -0.323 e. The lowest BCUT2D eigenvalue weighted by Gasteiger charge is -2.09. The molecule has 1 atom stereocenters. The molecule has 3 nitrogen and oxygen atoms in total. The second-order valence-electron chi connectivity index (χ2n) is 3.94. The van der Waals surface area contributed by atoms with E-state index < -0.39 is 0 Å². The summed E-state index contributed by atoms with van der Waals surface area (Å²) in [5.41, 5.74) is 6.98. The summed E-state index contributed by atoms with van der Waals surface area (Å²) >= 11 is 0. The van der Waals surface area contributed by atoms with Crippen LogP contribution in [0.4, 0.5) is 0 Å². The number of aromatic nitrogens is 2. The van der Waals surface area contributed by atoms with Gasteiger partial charge < -0.3 is 5.73 Å². The first-order chi connectivity index (χ1) is 7.34. The highest BCUT2D eigenvalue weighted by atomic mass is 14.8. The number of rotatable bonds is 7. The van der Waals surface area contributed by atoms with E-state index in [9.17, 15) is 0 Å². The Labute approximate surface area is 92.1 Å². The number of nitrogens with two attached hydrogens (primary N) is 1. The predicted molar refractivity (Wildman–Crippen MR) is 62.3 cm³/mol. The van der Waals surface area contributed by atoms with Crippen LogP contribution in [0.1, 0.15) is 57.2 Å². The van der Waals surface area contributed by atoms with Crippen LogP contribution >= 0.6 is 0 Å². The molecule has 2 N–H and O–H groups in total. The van der Waals surface area contributed by atoms with Gasteiger partial charge in [0.05, 0.1) is 5.69 Å². The number of hydrogen-bond donors (Lipinski definition) is 1. The molecule has 0 aliphatic rings. The standard InChI is InChI=1S/C12H21N3/c1-2-3-4-5-6-7-11(13)12-8-9-14-10-15-12/h8-11H,2-7,13H2,1H3. The molecule has 1 aromatic heterocycles. The zero-order valence-electron chi connectivity index (χ0n) is 9.52. The molecule has 0 saturated heterocycles. The SMILES string of the molecule is CCCCCCCC(N)c1ccncn1. The van der Waals surface area contributed by atoms with Gasteiger partial charge in [0.2, 0.25) is 0 Å². The second-order valence-corrected chi connectivity index (χ2v) is 3.94. The Kier molecular flexibility index (Phi) is 5.93. The Bertz CT molecular complexity index is 248. The molecule has 0 bridgehead atoms. The van der Waals surface area contributed by atoms with E-state index in [1.807, 2.05) is 6.07 Å². The van der Waals surface area contributed by atoms with E-state index in [1.54, 1.807) is 12.5 Å². The van der Waals surface area contributed by atoms with Crippen LogP contribution in [0.2, 0.25) is 0 Å². The topological polar surface area (TPSA) is 51.8 Å². The summed E-state index contributed by atoms with van der Waals surface area (Å²) in [6.07, 6.45) is 10.8. The summed E-state index contributed by atoms with van der Waals surface area (Å²) in [5, 5.41) is 0. The first-order valence-electron chi connectivity index (χ1n) is 5.86. The van der Waals surface area contributed by atoms with Gasteiger partial charge in [0, 0.05) is 12.2 Å². The minimum atomic E-state index is 0.0784. The zero-order valence-corrected chi connectivity index (χ0v) is 9.52. The van der Waals surface area contributed by atoms with Crippen LogP contribution in [0.5, 0.6) is 0 Å². The van der Waals surface area contributed by atoms with Crippen LogP contribution in [-0.4, -0.2) is 9.97 Å². The average Bonchev–Trinajstić information content (AvgIpc) is 2.30. The highest BCUT2D eigenvalue weighted by Crippen LogP contribution is 2.15. The fraction of sp³-hybridized carbons (Fsp3) is 0.667. The van der Waals surface area contributed by atoms with Gasteiger partial charge >= 0.3 is 0 Å². The van der Waals surface area contributed by atoms with E-state index in [1.165, 1.54) is 32.1 Å². The molecule has 0 aliphatic carbocycles. The quantitative estimate of drug-likeness (QED) is 0.699. The first kappa shape index (κ1) is 12.1. The van der Waals surface area contributed by atoms with Crippen molar-refractivity contribution in [2.24, 2.45) is 5.73 Å². The molecule has 15 heavy (non-hydrogen) atoms. The molecule has 1 heterocycles. The molecular weight excluding hydrogens is 186 g/mol. The summed E-state index contributed by atoms with van der Waals surface area (Å²) < 4.78 is 0. The van der Waals surface area contributed by atoms with Crippen molar-refractivity contribution in [3.63, 3.8) is 0 Å². The van der Waals surface area contributed by atoms with E-state index in [-0.39, 0.29) is 6.04 Å². The lowest BCUT2D eigenvalue weighted by molar-refractivity contribution is 0.547. The minimum absolute atomic E-state index is 0.0784. The van der Waals surface area contributed by atoms with Crippen molar-refractivity contribution < 1.29 is 0 Å². The van der Waals surface area contributed by atoms with E-state index >= 15 is 0 Å². The van der Waals surface area contributed by atoms with Gasteiger partial charge in [-0.2, -0.15) is 0 Å². The van der Waals surface area contributed by atoms with E-state index in [0.717, 1.165) is 12.1 Å². The van der Waals surface area contributed by atoms with Gasteiger partial charge in [0.1, 0.15) is 6.33 Å². The fourth-order valence-electron chi connectivity index (χ4n) is 1.64. The van der Waals surface area contributed by atoms with Crippen LogP contribution < -0.4 is 5.73 Å².